The molecule has 0 heterocycles. The maximum absolute atomic E-state index is 12.7. The standard InChI is InChI=1S/C19H25N3O9/c20-12(5-7-15(24)25)17(28)22-14(9-10-1-3-11(23)4-2-10)18(29)21-13(19(30)31)6-8-16(26)27/h1-4,12-14,23H,5-9,20H2,(H,21,29)(H,22,28)(H,24,25)(H,26,27)(H,30,31)/t12-,13-,14-/m0/s1. The van der Waals surface area contributed by atoms with Crippen molar-refractivity contribution in [3.05, 3.63) is 29.8 Å². The highest BCUT2D eigenvalue weighted by atomic mass is 16.4. The van der Waals surface area contributed by atoms with Gasteiger partial charge in [-0.15, -0.1) is 0 Å². The summed E-state index contributed by atoms with van der Waals surface area (Å²) in [4.78, 5) is 57.7. The first-order chi connectivity index (χ1) is 14.5. The Hall–Kier alpha value is -3.67. The highest BCUT2D eigenvalue weighted by Gasteiger charge is 2.28. The number of hydrogen-bond donors (Lipinski definition) is 7. The molecule has 0 aliphatic carbocycles. The molecule has 1 aromatic rings. The fourth-order valence-corrected chi connectivity index (χ4v) is 2.56. The Kier molecular flexibility index (Phi) is 9.92. The maximum Gasteiger partial charge on any atom is 0.326 e. The van der Waals surface area contributed by atoms with E-state index >= 15 is 0 Å². The second-order valence-electron chi connectivity index (χ2n) is 6.80. The monoisotopic (exact) mass is 439 g/mol. The van der Waals surface area contributed by atoms with Gasteiger partial charge in [0.05, 0.1) is 6.04 Å². The van der Waals surface area contributed by atoms with Gasteiger partial charge in [0.1, 0.15) is 17.8 Å². The van der Waals surface area contributed by atoms with Gasteiger partial charge in [-0.2, -0.15) is 0 Å². The number of hydrogen-bond acceptors (Lipinski definition) is 7. The lowest BCUT2D eigenvalue weighted by Crippen LogP contribution is -2.55. The molecule has 0 bridgehead atoms. The number of aliphatic carboxylic acids is 3. The van der Waals surface area contributed by atoms with Gasteiger partial charge in [0, 0.05) is 19.3 Å². The topological polar surface area (TPSA) is 216 Å². The number of nitrogens with two attached hydrogens (primary N) is 1. The van der Waals surface area contributed by atoms with Crippen LogP contribution in [0.2, 0.25) is 0 Å². The molecule has 1 rings (SSSR count). The van der Waals surface area contributed by atoms with Crippen LogP contribution in [0.4, 0.5) is 0 Å². The Morgan fingerprint density at radius 2 is 1.32 bits per heavy atom. The lowest BCUT2D eigenvalue weighted by atomic mass is 10.0. The van der Waals surface area contributed by atoms with E-state index in [0.29, 0.717) is 5.56 Å². The second-order valence-corrected chi connectivity index (χ2v) is 6.80. The molecular weight excluding hydrogens is 414 g/mol. The molecule has 0 saturated heterocycles. The van der Waals surface area contributed by atoms with E-state index in [1.807, 2.05) is 0 Å². The summed E-state index contributed by atoms with van der Waals surface area (Å²) in [5.74, 6) is -5.54. The third kappa shape index (κ3) is 9.58. The Labute approximate surface area is 177 Å². The maximum atomic E-state index is 12.7. The number of carboxylic acids is 3. The first-order valence-corrected chi connectivity index (χ1v) is 9.30. The molecule has 1 aromatic carbocycles. The largest absolute Gasteiger partial charge is 0.508 e. The number of aromatic hydroxyl groups is 1. The number of benzene rings is 1. The molecule has 12 nitrogen and oxygen atoms in total. The van der Waals surface area contributed by atoms with E-state index in [1.54, 1.807) is 0 Å². The third-order valence-corrected chi connectivity index (χ3v) is 4.28. The van der Waals surface area contributed by atoms with E-state index in [0.717, 1.165) is 0 Å². The summed E-state index contributed by atoms with van der Waals surface area (Å²) in [5.41, 5.74) is 6.18. The minimum atomic E-state index is -1.50. The van der Waals surface area contributed by atoms with Crippen molar-refractivity contribution in [3.8, 4) is 5.75 Å². The molecule has 12 heteroatoms. The normalized spacial score (nSPS) is 13.5. The van der Waals surface area contributed by atoms with Gasteiger partial charge >= 0.3 is 17.9 Å². The highest BCUT2D eigenvalue weighted by Crippen LogP contribution is 2.12. The molecule has 0 radical (unpaired) electrons. The Bertz CT molecular complexity index is 810. The number of phenolic OH excluding ortho intramolecular Hbond substituents is 1. The van der Waals surface area contributed by atoms with Crippen LogP contribution in [0.25, 0.3) is 0 Å². The van der Waals surface area contributed by atoms with Crippen molar-refractivity contribution in [2.45, 2.75) is 50.2 Å². The van der Waals surface area contributed by atoms with Gasteiger partial charge in [-0.25, -0.2) is 4.79 Å². The molecule has 0 aliphatic rings. The number of rotatable bonds is 13. The second kappa shape index (κ2) is 12.1. The SMILES string of the molecule is N[C@@H](CCC(=O)O)C(=O)N[C@@H](Cc1ccc(O)cc1)C(=O)N[C@@H](CCC(=O)O)C(=O)O. The average molecular weight is 439 g/mol. The van der Waals surface area contributed by atoms with Crippen molar-refractivity contribution in [3.63, 3.8) is 0 Å². The van der Waals surface area contributed by atoms with Crippen molar-refractivity contribution >= 4 is 29.7 Å². The first-order valence-electron chi connectivity index (χ1n) is 9.30. The molecule has 0 unspecified atom stereocenters. The summed E-state index contributed by atoms with van der Waals surface area (Å²) in [6, 6.07) is 1.71. The zero-order valence-corrected chi connectivity index (χ0v) is 16.5. The van der Waals surface area contributed by atoms with Gasteiger partial charge in [0.2, 0.25) is 11.8 Å². The van der Waals surface area contributed by atoms with Gasteiger partial charge in [0.25, 0.3) is 0 Å². The molecule has 0 saturated carbocycles. The van der Waals surface area contributed by atoms with Crippen molar-refractivity contribution in [2.24, 2.45) is 5.73 Å². The van der Waals surface area contributed by atoms with E-state index in [1.165, 1.54) is 24.3 Å². The summed E-state index contributed by atoms with van der Waals surface area (Å²) >= 11 is 0. The predicted molar refractivity (Wildman–Crippen MR) is 105 cm³/mol. The van der Waals surface area contributed by atoms with Crippen LogP contribution in [0.15, 0.2) is 24.3 Å². The van der Waals surface area contributed by atoms with E-state index < -0.39 is 54.3 Å². The summed E-state index contributed by atoms with van der Waals surface area (Å²) in [7, 11) is 0. The van der Waals surface area contributed by atoms with Gasteiger partial charge in [-0.1, -0.05) is 12.1 Å². The summed E-state index contributed by atoms with van der Waals surface area (Å²) in [6.07, 6.45) is -1.49. The zero-order chi connectivity index (χ0) is 23.6. The van der Waals surface area contributed by atoms with Crippen LogP contribution in [-0.2, 0) is 30.4 Å². The zero-order valence-electron chi connectivity index (χ0n) is 16.5. The minimum absolute atomic E-state index is 0.0240. The Morgan fingerprint density at radius 3 is 1.84 bits per heavy atom. The van der Waals surface area contributed by atoms with E-state index in [9.17, 15) is 34.2 Å². The smallest absolute Gasteiger partial charge is 0.326 e. The van der Waals surface area contributed by atoms with Gasteiger partial charge in [-0.3, -0.25) is 19.2 Å². The molecule has 0 aromatic heterocycles. The van der Waals surface area contributed by atoms with E-state index in [4.69, 9.17) is 15.9 Å². The summed E-state index contributed by atoms with van der Waals surface area (Å²) in [5, 5.41) is 40.6. The average Bonchev–Trinajstić information content (AvgIpc) is 2.69. The molecule has 170 valence electrons. The number of carboxylic acid groups (broad SMARTS) is 3. The van der Waals surface area contributed by atoms with E-state index in [-0.39, 0.29) is 31.4 Å². The van der Waals surface area contributed by atoms with Crippen LogP contribution in [0.3, 0.4) is 0 Å². The van der Waals surface area contributed by atoms with Crippen LogP contribution < -0.4 is 16.4 Å². The minimum Gasteiger partial charge on any atom is -0.508 e. The fraction of sp³-hybridized carbons (Fsp3) is 0.421. The summed E-state index contributed by atoms with van der Waals surface area (Å²) < 4.78 is 0. The van der Waals surface area contributed by atoms with Gasteiger partial charge in [0.15, 0.2) is 0 Å². The van der Waals surface area contributed by atoms with Crippen molar-refractivity contribution in [2.75, 3.05) is 0 Å². The molecule has 2 amide bonds. The first kappa shape index (κ1) is 25.4. The number of phenols is 1. The molecule has 0 fully saturated rings. The lowest BCUT2D eigenvalue weighted by Gasteiger charge is -2.23. The molecule has 8 N–H and O–H groups in total. The van der Waals surface area contributed by atoms with Crippen molar-refractivity contribution < 1.29 is 44.4 Å². The fourth-order valence-electron chi connectivity index (χ4n) is 2.56. The molecule has 0 spiro atoms. The third-order valence-electron chi connectivity index (χ3n) is 4.28. The number of carbonyl (C=O) groups is 5. The predicted octanol–water partition coefficient (Wildman–Crippen LogP) is -0.954. The van der Waals surface area contributed by atoms with Gasteiger partial charge < -0.3 is 36.8 Å². The number of nitrogens with one attached hydrogen (secondary N) is 2. The quantitative estimate of drug-likeness (QED) is 0.200. The molecule has 0 aliphatic heterocycles. The van der Waals surface area contributed by atoms with Crippen LogP contribution in [-0.4, -0.2) is 68.3 Å². The number of carbonyl (C=O) groups excluding carboxylic acids is 2. The number of amides is 2. The lowest BCUT2D eigenvalue weighted by molar-refractivity contribution is -0.143. The van der Waals surface area contributed by atoms with Crippen molar-refractivity contribution in [1.82, 2.24) is 10.6 Å². The van der Waals surface area contributed by atoms with Crippen LogP contribution in [0.1, 0.15) is 31.2 Å². The van der Waals surface area contributed by atoms with Gasteiger partial charge in [-0.05, 0) is 30.5 Å². The molecule has 31 heavy (non-hydrogen) atoms. The van der Waals surface area contributed by atoms with Crippen LogP contribution in [0, 0.1) is 0 Å². The van der Waals surface area contributed by atoms with Crippen LogP contribution in [0.5, 0.6) is 5.75 Å². The summed E-state index contributed by atoms with van der Waals surface area (Å²) in [6.45, 7) is 0. The molecule has 3 atom stereocenters. The van der Waals surface area contributed by atoms with Crippen molar-refractivity contribution in [1.29, 1.82) is 0 Å². The Morgan fingerprint density at radius 1 is 0.806 bits per heavy atom. The van der Waals surface area contributed by atoms with Crippen LogP contribution >= 0.6 is 0 Å². The van der Waals surface area contributed by atoms with E-state index in [2.05, 4.69) is 10.6 Å². The molecular formula is C19H25N3O9. The highest BCUT2D eigenvalue weighted by molar-refractivity contribution is 5.92. The Balaban J connectivity index is 2.96.